The normalized spacial score (nSPS) is 11.2. The van der Waals surface area contributed by atoms with E-state index in [4.69, 9.17) is 0 Å². The second kappa shape index (κ2) is 11.3. The van der Waals surface area contributed by atoms with Gasteiger partial charge in [0, 0.05) is 27.7 Å². The van der Waals surface area contributed by atoms with Gasteiger partial charge in [0.2, 0.25) is 0 Å². The molecule has 0 saturated heterocycles. The minimum Gasteiger partial charge on any atom is -0.508 e. The summed E-state index contributed by atoms with van der Waals surface area (Å²) in [6.45, 7) is 0.214. The Hall–Kier alpha value is -3.80. The number of amides is 2. The number of phenolic OH excluding ortho intramolecular Hbond substituents is 1. The maximum absolute atomic E-state index is 12.8. The number of phenols is 1. The smallest absolute Gasteiger partial charge is 0.352 e. The number of benzene rings is 2. The first-order valence-electron chi connectivity index (χ1n) is 10.4. The predicted octanol–water partition coefficient (Wildman–Crippen LogP) is 5.13. The van der Waals surface area contributed by atoms with Crippen molar-refractivity contribution in [2.45, 2.75) is 6.54 Å². The Balaban J connectivity index is 1.45. The number of hydrogen-bond acceptors (Lipinski definition) is 7. The summed E-state index contributed by atoms with van der Waals surface area (Å²) in [4.78, 5) is 42.9. The monoisotopic (exact) mass is 583 g/mol. The van der Waals surface area contributed by atoms with Crippen LogP contribution in [0.4, 0.5) is 0 Å². The van der Waals surface area contributed by atoms with Gasteiger partial charge < -0.3 is 20.8 Å². The van der Waals surface area contributed by atoms with Crippen molar-refractivity contribution in [3.63, 3.8) is 0 Å². The van der Waals surface area contributed by atoms with Gasteiger partial charge in [0.15, 0.2) is 0 Å². The van der Waals surface area contributed by atoms with E-state index in [-0.39, 0.29) is 29.5 Å². The average molecular weight is 584 g/mol. The maximum atomic E-state index is 12.8. The topological polar surface area (TPSA) is 129 Å². The standard InChI is InChI=1S/C25H18BrN3O5S2/c26-19-10-15(22(31)27-12-14-3-1-4-16(30)9-14)6-7-18(19)23(32)29-20(25(33)34)11-17-13-28-24(36-17)21-5-2-8-35-21/h1-11,13,30H,12H2,(H,27,31)(H,29,32)(H,33,34). The zero-order chi connectivity index (χ0) is 25.7. The van der Waals surface area contributed by atoms with Crippen molar-refractivity contribution in [2.24, 2.45) is 0 Å². The molecule has 11 heteroatoms. The first-order chi connectivity index (χ1) is 17.3. The highest BCUT2D eigenvalue weighted by atomic mass is 79.9. The minimum absolute atomic E-state index is 0.105. The fourth-order valence-electron chi connectivity index (χ4n) is 3.14. The van der Waals surface area contributed by atoms with E-state index in [2.05, 4.69) is 31.5 Å². The summed E-state index contributed by atoms with van der Waals surface area (Å²) in [6.07, 6.45) is 2.90. The molecule has 0 aliphatic carbocycles. The van der Waals surface area contributed by atoms with Crippen LogP contribution in [-0.2, 0) is 11.3 Å². The second-order valence-electron chi connectivity index (χ2n) is 7.41. The van der Waals surface area contributed by atoms with Gasteiger partial charge in [0.25, 0.3) is 11.8 Å². The molecule has 4 N–H and O–H groups in total. The fourth-order valence-corrected chi connectivity index (χ4v) is 5.36. The Morgan fingerprint density at radius 2 is 1.89 bits per heavy atom. The third-order valence-electron chi connectivity index (χ3n) is 4.86. The van der Waals surface area contributed by atoms with Crippen molar-refractivity contribution in [1.29, 1.82) is 0 Å². The van der Waals surface area contributed by atoms with E-state index in [9.17, 15) is 24.6 Å². The summed E-state index contributed by atoms with van der Waals surface area (Å²) >= 11 is 6.13. The van der Waals surface area contributed by atoms with Crippen LogP contribution in [0.3, 0.4) is 0 Å². The summed E-state index contributed by atoms with van der Waals surface area (Å²) in [7, 11) is 0. The average Bonchev–Trinajstić information content (AvgIpc) is 3.54. The van der Waals surface area contributed by atoms with E-state index in [1.54, 1.807) is 24.4 Å². The zero-order valence-electron chi connectivity index (χ0n) is 18.4. The molecule has 4 rings (SSSR count). The molecule has 2 amide bonds. The van der Waals surface area contributed by atoms with Gasteiger partial charge in [0.1, 0.15) is 16.5 Å². The van der Waals surface area contributed by atoms with E-state index in [0.29, 0.717) is 14.9 Å². The van der Waals surface area contributed by atoms with Gasteiger partial charge in [0.05, 0.1) is 10.4 Å². The molecule has 2 aromatic heterocycles. The van der Waals surface area contributed by atoms with Gasteiger partial charge in [-0.25, -0.2) is 9.78 Å². The van der Waals surface area contributed by atoms with Crippen molar-refractivity contribution in [1.82, 2.24) is 15.6 Å². The fraction of sp³-hybridized carbons (Fsp3) is 0.0400. The Bertz CT molecular complexity index is 1460. The molecule has 2 heterocycles. The van der Waals surface area contributed by atoms with Crippen molar-refractivity contribution in [2.75, 3.05) is 0 Å². The highest BCUT2D eigenvalue weighted by molar-refractivity contribution is 9.10. The first kappa shape index (κ1) is 25.3. The molecule has 36 heavy (non-hydrogen) atoms. The van der Waals surface area contributed by atoms with Gasteiger partial charge in [-0.1, -0.05) is 18.2 Å². The van der Waals surface area contributed by atoms with Crippen LogP contribution in [0, 0.1) is 0 Å². The number of nitrogens with zero attached hydrogens (tertiary/aromatic N) is 1. The number of aliphatic carboxylic acids is 1. The second-order valence-corrected chi connectivity index (χ2v) is 10.3. The van der Waals surface area contributed by atoms with Crippen LogP contribution in [0.25, 0.3) is 16.0 Å². The molecule has 182 valence electrons. The van der Waals surface area contributed by atoms with E-state index in [1.165, 1.54) is 53.0 Å². The molecule has 0 atom stereocenters. The van der Waals surface area contributed by atoms with Crippen molar-refractivity contribution in [3.05, 3.63) is 97.9 Å². The lowest BCUT2D eigenvalue weighted by molar-refractivity contribution is -0.132. The molecule has 0 bridgehead atoms. The number of carbonyl (C=O) groups excluding carboxylic acids is 2. The third-order valence-corrected chi connectivity index (χ3v) is 7.50. The maximum Gasteiger partial charge on any atom is 0.352 e. The van der Waals surface area contributed by atoms with Crippen LogP contribution in [0.5, 0.6) is 5.75 Å². The number of hydrogen-bond donors (Lipinski definition) is 4. The number of aromatic hydroxyl groups is 1. The van der Waals surface area contributed by atoms with Crippen LogP contribution >= 0.6 is 38.6 Å². The summed E-state index contributed by atoms with van der Waals surface area (Å²) in [5.74, 6) is -2.21. The van der Waals surface area contributed by atoms with Crippen molar-refractivity contribution >= 4 is 62.5 Å². The number of thiazole rings is 1. The molecular weight excluding hydrogens is 566 g/mol. The number of rotatable bonds is 8. The summed E-state index contributed by atoms with van der Waals surface area (Å²) < 4.78 is 0.326. The van der Waals surface area contributed by atoms with Crippen molar-refractivity contribution < 1.29 is 24.6 Å². The van der Waals surface area contributed by atoms with E-state index >= 15 is 0 Å². The molecule has 0 unspecified atom stereocenters. The number of halogens is 1. The Labute approximate surface area is 222 Å². The number of carbonyl (C=O) groups is 3. The van der Waals surface area contributed by atoms with E-state index in [0.717, 1.165) is 15.4 Å². The highest BCUT2D eigenvalue weighted by Crippen LogP contribution is 2.30. The van der Waals surface area contributed by atoms with Gasteiger partial charge in [-0.2, -0.15) is 0 Å². The predicted molar refractivity (Wildman–Crippen MR) is 142 cm³/mol. The third kappa shape index (κ3) is 6.25. The van der Waals surface area contributed by atoms with Gasteiger partial charge in [-0.15, -0.1) is 22.7 Å². The lowest BCUT2D eigenvalue weighted by Crippen LogP contribution is -2.28. The quantitative estimate of drug-likeness (QED) is 0.213. The largest absolute Gasteiger partial charge is 0.508 e. The number of carboxylic acids is 1. The van der Waals surface area contributed by atoms with Crippen LogP contribution in [0.2, 0.25) is 0 Å². The summed E-state index contributed by atoms with van der Waals surface area (Å²) in [6, 6.07) is 14.7. The van der Waals surface area contributed by atoms with Crippen LogP contribution in [0.15, 0.2) is 76.3 Å². The zero-order valence-corrected chi connectivity index (χ0v) is 21.6. The number of carboxylic acid groups (broad SMARTS) is 1. The van der Waals surface area contributed by atoms with Gasteiger partial charge >= 0.3 is 5.97 Å². The number of aromatic nitrogens is 1. The first-order valence-corrected chi connectivity index (χ1v) is 12.9. The van der Waals surface area contributed by atoms with Crippen LogP contribution in [0.1, 0.15) is 31.2 Å². The van der Waals surface area contributed by atoms with Crippen LogP contribution < -0.4 is 10.6 Å². The molecule has 4 aromatic rings. The molecule has 0 saturated carbocycles. The molecule has 0 aliphatic heterocycles. The summed E-state index contributed by atoms with van der Waals surface area (Å²) in [5.41, 5.74) is 0.893. The Morgan fingerprint density at radius 3 is 2.58 bits per heavy atom. The summed E-state index contributed by atoms with van der Waals surface area (Å²) in [5, 5.41) is 27.0. The van der Waals surface area contributed by atoms with Crippen molar-refractivity contribution in [3.8, 4) is 15.6 Å². The molecule has 2 aromatic carbocycles. The Kier molecular flexibility index (Phi) is 7.93. The lowest BCUT2D eigenvalue weighted by Gasteiger charge is -2.10. The highest BCUT2D eigenvalue weighted by Gasteiger charge is 2.18. The van der Waals surface area contributed by atoms with Crippen LogP contribution in [-0.4, -0.2) is 33.0 Å². The molecule has 8 nitrogen and oxygen atoms in total. The molecule has 0 fully saturated rings. The van der Waals surface area contributed by atoms with Gasteiger partial charge in [-0.3, -0.25) is 9.59 Å². The minimum atomic E-state index is -1.30. The Morgan fingerprint density at radius 1 is 1.06 bits per heavy atom. The molecule has 0 radical (unpaired) electrons. The lowest BCUT2D eigenvalue weighted by atomic mass is 10.1. The van der Waals surface area contributed by atoms with E-state index in [1.807, 2.05) is 17.5 Å². The SMILES string of the molecule is O=C(O)C(=Cc1cnc(-c2cccs2)s1)NC(=O)c1ccc(C(=O)NCc2cccc(O)c2)cc1Br. The van der Waals surface area contributed by atoms with Gasteiger partial charge in [-0.05, 0) is 69.3 Å². The molecule has 0 aliphatic rings. The molecule has 0 spiro atoms. The molecular formula is C25H18BrN3O5S2. The number of nitrogens with one attached hydrogen (secondary N) is 2. The van der Waals surface area contributed by atoms with E-state index < -0.39 is 11.9 Å². The number of thiophene rings is 1.